The maximum Gasteiger partial charge on any atom is 0.0931 e. The van der Waals surface area contributed by atoms with Gasteiger partial charge in [0, 0.05) is 17.5 Å². The molecule has 0 fully saturated rings. The number of thiophene rings is 1. The molecule has 1 nitrogen and oxygen atoms in total. The van der Waals surface area contributed by atoms with Crippen molar-refractivity contribution < 1.29 is 0 Å². The van der Waals surface area contributed by atoms with Gasteiger partial charge in [-0.25, -0.2) is 0 Å². The van der Waals surface area contributed by atoms with E-state index in [1.165, 1.54) is 4.88 Å². The molecule has 0 aliphatic carbocycles. The Labute approximate surface area is 82.1 Å². The first-order valence-corrected chi connectivity index (χ1v) is 5.02. The third kappa shape index (κ3) is 2.97. The second kappa shape index (κ2) is 4.65. The van der Waals surface area contributed by atoms with E-state index >= 15 is 0 Å². The largest absolute Gasteiger partial charge is 0.306 e. The fraction of sp³-hybridized carbons (Fsp3) is 0.333. The molecule has 1 N–H and O–H groups in total. The van der Waals surface area contributed by atoms with Crippen molar-refractivity contribution in [1.82, 2.24) is 5.32 Å². The maximum atomic E-state index is 5.78. The molecule has 0 radical (unpaired) electrons. The summed E-state index contributed by atoms with van der Waals surface area (Å²) < 4.78 is 0.845. The number of hydrogen-bond donors (Lipinski definition) is 1. The van der Waals surface area contributed by atoms with Crippen molar-refractivity contribution in [1.29, 1.82) is 0 Å². The maximum absolute atomic E-state index is 5.78. The molecule has 0 amide bonds. The molecule has 0 aromatic carbocycles. The Bertz CT molecular complexity index is 257. The Balaban J connectivity index is 2.37. The highest BCUT2D eigenvalue weighted by molar-refractivity contribution is 7.16. The van der Waals surface area contributed by atoms with Crippen molar-refractivity contribution in [2.75, 3.05) is 0 Å². The van der Waals surface area contributed by atoms with Gasteiger partial charge in [-0.2, -0.15) is 0 Å². The Kier molecular flexibility index (Phi) is 3.79. The lowest BCUT2D eigenvalue weighted by molar-refractivity contribution is 0.640. The van der Waals surface area contributed by atoms with Gasteiger partial charge in [0.25, 0.3) is 0 Å². The van der Waals surface area contributed by atoms with Gasteiger partial charge in [-0.15, -0.1) is 17.9 Å². The van der Waals surface area contributed by atoms with Gasteiger partial charge in [0.1, 0.15) is 0 Å². The summed E-state index contributed by atoms with van der Waals surface area (Å²) in [6.45, 7) is 6.63. The summed E-state index contributed by atoms with van der Waals surface area (Å²) in [5.74, 6) is 0. The molecule has 1 aromatic heterocycles. The molecule has 1 atom stereocenters. The van der Waals surface area contributed by atoms with Crippen LogP contribution in [0.5, 0.6) is 0 Å². The van der Waals surface area contributed by atoms with Crippen molar-refractivity contribution in [3.63, 3.8) is 0 Å². The monoisotopic (exact) mass is 201 g/mol. The molecular formula is C9H12ClNS. The van der Waals surface area contributed by atoms with Crippen LogP contribution < -0.4 is 5.32 Å². The lowest BCUT2D eigenvalue weighted by Gasteiger charge is -2.06. The fourth-order valence-corrected chi connectivity index (χ4v) is 1.83. The zero-order valence-corrected chi connectivity index (χ0v) is 8.58. The summed E-state index contributed by atoms with van der Waals surface area (Å²) >= 11 is 7.39. The Morgan fingerprint density at radius 3 is 3.00 bits per heavy atom. The highest BCUT2D eigenvalue weighted by Gasteiger charge is 1.98. The SMILES string of the molecule is C=CC(C)NCc1ccc(Cl)s1. The van der Waals surface area contributed by atoms with Crippen LogP contribution in [0.4, 0.5) is 0 Å². The van der Waals surface area contributed by atoms with Gasteiger partial charge < -0.3 is 5.32 Å². The van der Waals surface area contributed by atoms with Crippen molar-refractivity contribution in [2.45, 2.75) is 19.5 Å². The Hall–Kier alpha value is -0.310. The average molecular weight is 202 g/mol. The molecule has 1 aromatic rings. The van der Waals surface area contributed by atoms with Gasteiger partial charge in [-0.3, -0.25) is 0 Å². The molecule has 0 aliphatic heterocycles. The zero-order chi connectivity index (χ0) is 8.97. The first kappa shape index (κ1) is 9.78. The highest BCUT2D eigenvalue weighted by atomic mass is 35.5. The quantitative estimate of drug-likeness (QED) is 0.739. The van der Waals surface area contributed by atoms with Gasteiger partial charge in [-0.1, -0.05) is 17.7 Å². The predicted molar refractivity (Wildman–Crippen MR) is 55.8 cm³/mol. The van der Waals surface area contributed by atoms with Gasteiger partial charge in [0.2, 0.25) is 0 Å². The summed E-state index contributed by atoms with van der Waals surface area (Å²) in [5, 5.41) is 3.30. The van der Waals surface area contributed by atoms with E-state index in [1.54, 1.807) is 11.3 Å². The molecule has 0 saturated heterocycles. The van der Waals surface area contributed by atoms with Gasteiger partial charge in [-0.05, 0) is 19.1 Å². The van der Waals surface area contributed by atoms with E-state index < -0.39 is 0 Å². The van der Waals surface area contributed by atoms with Gasteiger partial charge >= 0.3 is 0 Å². The van der Waals surface area contributed by atoms with E-state index in [0.29, 0.717) is 6.04 Å². The van der Waals surface area contributed by atoms with Crippen LogP contribution in [0.1, 0.15) is 11.8 Å². The summed E-state index contributed by atoms with van der Waals surface area (Å²) in [4.78, 5) is 1.26. The molecule has 66 valence electrons. The number of hydrogen-bond acceptors (Lipinski definition) is 2. The highest BCUT2D eigenvalue weighted by Crippen LogP contribution is 2.20. The predicted octanol–water partition coefficient (Wildman–Crippen LogP) is 3.07. The third-order valence-electron chi connectivity index (χ3n) is 1.58. The lowest BCUT2D eigenvalue weighted by Crippen LogP contribution is -2.22. The van der Waals surface area contributed by atoms with E-state index in [0.717, 1.165) is 10.9 Å². The zero-order valence-electron chi connectivity index (χ0n) is 7.01. The molecule has 1 heterocycles. The molecule has 12 heavy (non-hydrogen) atoms. The lowest BCUT2D eigenvalue weighted by atomic mass is 10.3. The molecule has 1 unspecified atom stereocenters. The molecular weight excluding hydrogens is 190 g/mol. The standard InChI is InChI=1S/C9H12ClNS/c1-3-7(2)11-6-8-4-5-9(10)12-8/h3-5,7,11H,1,6H2,2H3. The van der Waals surface area contributed by atoms with E-state index in [4.69, 9.17) is 11.6 Å². The summed E-state index contributed by atoms with van der Waals surface area (Å²) in [6.07, 6.45) is 1.88. The van der Waals surface area contributed by atoms with E-state index in [-0.39, 0.29) is 0 Å². The molecule has 0 saturated carbocycles. The van der Waals surface area contributed by atoms with Crippen molar-refractivity contribution in [3.05, 3.63) is 34.0 Å². The van der Waals surface area contributed by atoms with Crippen molar-refractivity contribution in [2.24, 2.45) is 0 Å². The van der Waals surface area contributed by atoms with Crippen LogP contribution in [-0.4, -0.2) is 6.04 Å². The molecule has 0 bridgehead atoms. The minimum absolute atomic E-state index is 0.353. The second-order valence-electron chi connectivity index (χ2n) is 2.61. The molecule has 0 spiro atoms. The first-order chi connectivity index (χ1) is 5.72. The molecule has 0 aliphatic rings. The normalized spacial score (nSPS) is 12.8. The fourth-order valence-electron chi connectivity index (χ4n) is 0.792. The average Bonchev–Trinajstić information content (AvgIpc) is 2.47. The van der Waals surface area contributed by atoms with E-state index in [2.05, 4.69) is 18.8 Å². The number of nitrogens with one attached hydrogen (secondary N) is 1. The topological polar surface area (TPSA) is 12.0 Å². The summed E-state index contributed by atoms with van der Waals surface area (Å²) in [7, 11) is 0. The minimum atomic E-state index is 0.353. The van der Waals surface area contributed by atoms with Crippen LogP contribution in [0, 0.1) is 0 Å². The molecule has 1 rings (SSSR count). The van der Waals surface area contributed by atoms with E-state index in [1.807, 2.05) is 18.2 Å². The van der Waals surface area contributed by atoms with Crippen LogP contribution >= 0.6 is 22.9 Å². The smallest absolute Gasteiger partial charge is 0.0931 e. The van der Waals surface area contributed by atoms with Crippen LogP contribution in [0.2, 0.25) is 4.34 Å². The summed E-state index contributed by atoms with van der Waals surface area (Å²) in [6, 6.07) is 4.31. The van der Waals surface area contributed by atoms with Crippen molar-refractivity contribution >= 4 is 22.9 Å². The van der Waals surface area contributed by atoms with Crippen LogP contribution in [0.15, 0.2) is 24.8 Å². The third-order valence-corrected chi connectivity index (χ3v) is 2.81. The summed E-state index contributed by atoms with van der Waals surface area (Å²) in [5.41, 5.74) is 0. The Morgan fingerprint density at radius 2 is 2.50 bits per heavy atom. The number of rotatable bonds is 4. The molecule has 3 heteroatoms. The van der Waals surface area contributed by atoms with Crippen LogP contribution in [0.3, 0.4) is 0 Å². The Morgan fingerprint density at radius 1 is 1.75 bits per heavy atom. The minimum Gasteiger partial charge on any atom is -0.306 e. The van der Waals surface area contributed by atoms with Crippen LogP contribution in [-0.2, 0) is 6.54 Å². The first-order valence-electron chi connectivity index (χ1n) is 3.82. The van der Waals surface area contributed by atoms with Gasteiger partial charge in [0.05, 0.1) is 4.34 Å². The number of halogens is 1. The van der Waals surface area contributed by atoms with E-state index in [9.17, 15) is 0 Å². The van der Waals surface area contributed by atoms with Gasteiger partial charge in [0.15, 0.2) is 0 Å². The van der Waals surface area contributed by atoms with Crippen molar-refractivity contribution in [3.8, 4) is 0 Å². The van der Waals surface area contributed by atoms with Crippen LogP contribution in [0.25, 0.3) is 0 Å². The second-order valence-corrected chi connectivity index (χ2v) is 4.41.